The molecule has 3 atom stereocenters. The van der Waals surface area contributed by atoms with Gasteiger partial charge in [0.05, 0.1) is 5.92 Å². The fraction of sp³-hybridized carbons (Fsp3) is 0.423. The number of hydrogen-bond acceptors (Lipinski definition) is 5. The molecule has 2 aliphatic carbocycles. The molecule has 0 spiro atoms. The number of amides is 2. The summed E-state index contributed by atoms with van der Waals surface area (Å²) in [5.41, 5.74) is 4.54. The lowest BCUT2D eigenvalue weighted by Gasteiger charge is -2.21. The van der Waals surface area contributed by atoms with Crippen LogP contribution < -0.4 is 10.6 Å². The Balaban J connectivity index is 1.35. The first-order chi connectivity index (χ1) is 16.3. The molecule has 0 aromatic heterocycles. The molecule has 1 saturated carbocycles. The number of hydrogen-bond donors (Lipinski definition) is 3. The van der Waals surface area contributed by atoms with Crippen LogP contribution in [0.3, 0.4) is 0 Å². The summed E-state index contributed by atoms with van der Waals surface area (Å²) in [7, 11) is 3.79. The average Bonchev–Trinajstić information content (AvgIpc) is 3.54. The average molecular weight is 466 g/mol. The maximum atomic E-state index is 12.7. The molecule has 1 fully saturated rings. The number of alkyl carbamates (subject to hydrolysis) is 1. The van der Waals surface area contributed by atoms with Crippen LogP contribution in [0.15, 0.2) is 48.5 Å². The highest BCUT2D eigenvalue weighted by Gasteiger charge is 2.43. The lowest BCUT2D eigenvalue weighted by molar-refractivity contribution is -0.139. The third-order valence-electron chi connectivity index (χ3n) is 6.60. The Kier molecular flexibility index (Phi) is 7.17. The van der Waals surface area contributed by atoms with E-state index in [9.17, 15) is 14.4 Å². The van der Waals surface area contributed by atoms with Crippen molar-refractivity contribution in [3.63, 3.8) is 0 Å². The molecule has 0 heterocycles. The van der Waals surface area contributed by atoms with Crippen molar-refractivity contribution >= 4 is 18.0 Å². The van der Waals surface area contributed by atoms with Crippen LogP contribution in [0.25, 0.3) is 11.1 Å². The molecule has 4 rings (SSSR count). The standard InChI is InChI=1S/C26H31N3O5/c1-29(2)12-11-23(24(30)27-14-16-13-21(16)25(31)32)28-26(33)34-15-22-19-9-5-3-7-17(19)18-8-4-6-10-20(18)22/h3-10,16,21-23H,11-15H2,1-2H3,(H,27,30)(H,28,33)(H,31,32)/t16-,21-,23?/m1/s1. The Morgan fingerprint density at radius 1 is 1.06 bits per heavy atom. The zero-order valence-electron chi connectivity index (χ0n) is 19.5. The van der Waals surface area contributed by atoms with Gasteiger partial charge in [-0.15, -0.1) is 0 Å². The minimum atomic E-state index is -0.833. The molecule has 3 N–H and O–H groups in total. The van der Waals surface area contributed by atoms with Crippen molar-refractivity contribution in [3.05, 3.63) is 59.7 Å². The van der Waals surface area contributed by atoms with Crippen molar-refractivity contribution in [2.45, 2.75) is 24.8 Å². The first kappa shape index (κ1) is 23.8. The normalized spacial score (nSPS) is 19.1. The van der Waals surface area contributed by atoms with E-state index in [0.29, 0.717) is 25.9 Å². The Morgan fingerprint density at radius 2 is 1.68 bits per heavy atom. The van der Waals surface area contributed by atoms with Gasteiger partial charge in [0.1, 0.15) is 12.6 Å². The zero-order valence-corrected chi connectivity index (χ0v) is 19.5. The second-order valence-corrected chi connectivity index (χ2v) is 9.30. The minimum absolute atomic E-state index is 0.0506. The van der Waals surface area contributed by atoms with Gasteiger partial charge in [0.2, 0.25) is 5.91 Å². The van der Waals surface area contributed by atoms with Crippen molar-refractivity contribution in [1.82, 2.24) is 15.5 Å². The van der Waals surface area contributed by atoms with Gasteiger partial charge in [0.25, 0.3) is 0 Å². The van der Waals surface area contributed by atoms with E-state index in [-0.39, 0.29) is 24.3 Å². The van der Waals surface area contributed by atoms with Crippen molar-refractivity contribution < 1.29 is 24.2 Å². The summed E-state index contributed by atoms with van der Waals surface area (Å²) in [6, 6.07) is 15.4. The fourth-order valence-corrected chi connectivity index (χ4v) is 4.57. The van der Waals surface area contributed by atoms with Gasteiger partial charge >= 0.3 is 12.1 Å². The molecule has 180 valence electrons. The van der Waals surface area contributed by atoms with Crippen LogP contribution in [0.4, 0.5) is 4.79 Å². The molecule has 1 unspecified atom stereocenters. The first-order valence-electron chi connectivity index (χ1n) is 11.6. The molecule has 8 heteroatoms. The summed E-state index contributed by atoms with van der Waals surface area (Å²) in [4.78, 5) is 38.4. The van der Waals surface area contributed by atoms with Gasteiger partial charge in [-0.25, -0.2) is 4.79 Å². The number of ether oxygens (including phenoxy) is 1. The molecule has 2 aliphatic rings. The minimum Gasteiger partial charge on any atom is -0.481 e. The number of aliphatic carboxylic acids is 1. The summed E-state index contributed by atoms with van der Waals surface area (Å²) in [5.74, 6) is -1.66. The number of carbonyl (C=O) groups is 3. The highest BCUT2D eigenvalue weighted by atomic mass is 16.5. The zero-order chi connectivity index (χ0) is 24.2. The number of benzene rings is 2. The van der Waals surface area contributed by atoms with Gasteiger partial charge < -0.3 is 25.4 Å². The second-order valence-electron chi connectivity index (χ2n) is 9.30. The lowest BCUT2D eigenvalue weighted by Crippen LogP contribution is -2.48. The molecule has 0 aliphatic heterocycles. The monoisotopic (exact) mass is 465 g/mol. The maximum Gasteiger partial charge on any atom is 0.407 e. The number of carboxylic acids is 1. The third-order valence-corrected chi connectivity index (χ3v) is 6.60. The van der Waals surface area contributed by atoms with E-state index in [4.69, 9.17) is 9.84 Å². The molecule has 2 aromatic carbocycles. The van der Waals surface area contributed by atoms with Crippen LogP contribution in [-0.2, 0) is 14.3 Å². The second kappa shape index (κ2) is 10.3. The smallest absolute Gasteiger partial charge is 0.407 e. The van der Waals surface area contributed by atoms with Crippen molar-refractivity contribution in [3.8, 4) is 11.1 Å². The molecular weight excluding hydrogens is 434 g/mol. The highest BCUT2D eigenvalue weighted by Crippen LogP contribution is 2.44. The fourth-order valence-electron chi connectivity index (χ4n) is 4.57. The van der Waals surface area contributed by atoms with E-state index in [1.54, 1.807) is 0 Å². The van der Waals surface area contributed by atoms with Crippen LogP contribution in [0.1, 0.15) is 29.9 Å². The summed E-state index contributed by atoms with van der Waals surface area (Å²) in [6.45, 7) is 1.06. The Morgan fingerprint density at radius 3 is 2.24 bits per heavy atom. The van der Waals surface area contributed by atoms with Crippen LogP contribution in [0.5, 0.6) is 0 Å². The number of carboxylic acid groups (broad SMARTS) is 1. The van der Waals surface area contributed by atoms with E-state index >= 15 is 0 Å². The quantitative estimate of drug-likeness (QED) is 0.498. The number of nitrogens with one attached hydrogen (secondary N) is 2. The topological polar surface area (TPSA) is 108 Å². The largest absolute Gasteiger partial charge is 0.481 e. The van der Waals surface area contributed by atoms with Gasteiger partial charge in [0.15, 0.2) is 0 Å². The van der Waals surface area contributed by atoms with E-state index in [2.05, 4.69) is 34.9 Å². The predicted molar refractivity (Wildman–Crippen MR) is 127 cm³/mol. The predicted octanol–water partition coefficient (Wildman–Crippen LogP) is 2.68. The van der Waals surface area contributed by atoms with Crippen LogP contribution >= 0.6 is 0 Å². The summed E-state index contributed by atoms with van der Waals surface area (Å²) in [5, 5.41) is 14.5. The van der Waals surface area contributed by atoms with E-state index in [0.717, 1.165) is 22.3 Å². The molecule has 0 radical (unpaired) electrons. The van der Waals surface area contributed by atoms with Gasteiger partial charge in [-0.2, -0.15) is 0 Å². The lowest BCUT2D eigenvalue weighted by atomic mass is 9.98. The van der Waals surface area contributed by atoms with Gasteiger partial charge in [-0.3, -0.25) is 9.59 Å². The van der Waals surface area contributed by atoms with E-state index in [1.807, 2.05) is 43.3 Å². The third kappa shape index (κ3) is 5.39. The number of rotatable bonds is 10. The summed E-state index contributed by atoms with van der Waals surface area (Å²) < 4.78 is 5.59. The molecule has 8 nitrogen and oxygen atoms in total. The Bertz CT molecular complexity index is 1020. The van der Waals surface area contributed by atoms with Crippen LogP contribution in [0.2, 0.25) is 0 Å². The van der Waals surface area contributed by atoms with Crippen molar-refractivity contribution in [1.29, 1.82) is 0 Å². The summed E-state index contributed by atoms with van der Waals surface area (Å²) >= 11 is 0. The number of nitrogens with zero attached hydrogens (tertiary/aromatic N) is 1. The van der Waals surface area contributed by atoms with E-state index < -0.39 is 24.0 Å². The Hall–Kier alpha value is -3.39. The highest BCUT2D eigenvalue weighted by molar-refractivity contribution is 5.86. The molecule has 2 aromatic rings. The SMILES string of the molecule is CN(C)CCC(NC(=O)OCC1c2ccccc2-c2ccccc21)C(=O)NC[C@H]1C[C@H]1C(=O)O. The van der Waals surface area contributed by atoms with Crippen LogP contribution in [0, 0.1) is 11.8 Å². The van der Waals surface area contributed by atoms with E-state index in [1.165, 1.54) is 0 Å². The number of carbonyl (C=O) groups excluding carboxylic acids is 2. The molecule has 2 amide bonds. The van der Waals surface area contributed by atoms with Crippen molar-refractivity contribution in [2.24, 2.45) is 11.8 Å². The van der Waals surface area contributed by atoms with Crippen LogP contribution in [-0.4, -0.2) is 67.8 Å². The van der Waals surface area contributed by atoms with Crippen molar-refractivity contribution in [2.75, 3.05) is 33.8 Å². The summed E-state index contributed by atoms with van der Waals surface area (Å²) in [6.07, 6.45) is 0.337. The van der Waals surface area contributed by atoms with Gasteiger partial charge in [-0.05, 0) is 61.7 Å². The Labute approximate surface area is 199 Å². The molecular formula is C26H31N3O5. The van der Waals surface area contributed by atoms with Gasteiger partial charge in [0, 0.05) is 12.5 Å². The number of fused-ring (bicyclic) bond motifs is 3. The molecule has 34 heavy (non-hydrogen) atoms. The van der Waals surface area contributed by atoms with Gasteiger partial charge in [-0.1, -0.05) is 48.5 Å². The molecule has 0 bridgehead atoms. The first-order valence-corrected chi connectivity index (χ1v) is 11.6. The molecule has 0 saturated heterocycles. The maximum absolute atomic E-state index is 12.7.